The van der Waals surface area contributed by atoms with Gasteiger partial charge in [-0.1, -0.05) is 41.9 Å². The number of hydrogen-bond acceptors (Lipinski definition) is 4. The summed E-state index contributed by atoms with van der Waals surface area (Å²) in [4.78, 5) is 16.7. The smallest absolute Gasteiger partial charge is 0.274 e. The summed E-state index contributed by atoms with van der Waals surface area (Å²) in [5.74, 6) is 0.185. The van der Waals surface area contributed by atoms with Gasteiger partial charge in [-0.3, -0.25) is 4.79 Å². The molecular weight excluding hydrogens is 362 g/mol. The number of nitrogens with one attached hydrogen (secondary N) is 2. The molecule has 0 aliphatic rings. The third-order valence-corrected chi connectivity index (χ3v) is 4.47. The number of aryl methyl sites for hydroxylation is 1. The predicted molar refractivity (Wildman–Crippen MR) is 109 cm³/mol. The highest BCUT2D eigenvalue weighted by atomic mass is 35.5. The molecule has 1 heterocycles. The number of rotatable bonds is 6. The fourth-order valence-electron chi connectivity index (χ4n) is 2.55. The first-order chi connectivity index (χ1) is 13.1. The highest BCUT2D eigenvalue weighted by molar-refractivity contribution is 6.31. The van der Waals surface area contributed by atoms with Gasteiger partial charge in [-0.15, -0.1) is 0 Å². The van der Waals surface area contributed by atoms with Crippen LogP contribution >= 0.6 is 11.6 Å². The molecule has 0 aliphatic heterocycles. The van der Waals surface area contributed by atoms with Gasteiger partial charge in [0.05, 0.1) is 24.7 Å². The molecule has 5 nitrogen and oxygen atoms in total. The second-order valence-corrected chi connectivity index (χ2v) is 6.43. The van der Waals surface area contributed by atoms with Crippen LogP contribution in [0, 0.1) is 6.92 Å². The van der Waals surface area contributed by atoms with Gasteiger partial charge in [-0.25, -0.2) is 4.98 Å². The summed E-state index contributed by atoms with van der Waals surface area (Å²) in [6.07, 6.45) is 1.64. The van der Waals surface area contributed by atoms with Crippen LogP contribution in [0.2, 0.25) is 5.02 Å². The van der Waals surface area contributed by atoms with Gasteiger partial charge in [-0.05, 0) is 36.2 Å². The summed E-state index contributed by atoms with van der Waals surface area (Å²) < 4.78 is 5.28. The Balaban J connectivity index is 1.66. The van der Waals surface area contributed by atoms with E-state index in [0.29, 0.717) is 28.7 Å². The van der Waals surface area contributed by atoms with E-state index in [1.807, 2.05) is 43.3 Å². The zero-order chi connectivity index (χ0) is 19.2. The molecule has 0 radical (unpaired) electrons. The molecule has 27 heavy (non-hydrogen) atoms. The Bertz CT molecular complexity index is 928. The van der Waals surface area contributed by atoms with Crippen LogP contribution in [-0.4, -0.2) is 18.0 Å². The Morgan fingerprint density at radius 3 is 2.59 bits per heavy atom. The number of nitrogens with zero attached hydrogens (tertiary/aromatic N) is 1. The van der Waals surface area contributed by atoms with Crippen LogP contribution in [0.25, 0.3) is 0 Å². The number of carbonyl (C=O) groups excluding carboxylic acids is 1. The van der Waals surface area contributed by atoms with Crippen molar-refractivity contribution in [3.63, 3.8) is 0 Å². The molecule has 1 aromatic heterocycles. The Labute approximate surface area is 163 Å². The number of anilines is 2. The van der Waals surface area contributed by atoms with Gasteiger partial charge in [0.15, 0.2) is 0 Å². The largest absolute Gasteiger partial charge is 0.495 e. The summed E-state index contributed by atoms with van der Waals surface area (Å²) in [6, 6.07) is 17.0. The molecule has 3 rings (SSSR count). The topological polar surface area (TPSA) is 63.2 Å². The van der Waals surface area contributed by atoms with Gasteiger partial charge in [0, 0.05) is 17.6 Å². The summed E-state index contributed by atoms with van der Waals surface area (Å²) >= 11 is 6.10. The average Bonchev–Trinajstić information content (AvgIpc) is 2.70. The summed E-state index contributed by atoms with van der Waals surface area (Å²) in [6.45, 7) is 2.55. The Morgan fingerprint density at radius 1 is 1.15 bits per heavy atom. The van der Waals surface area contributed by atoms with Crippen molar-refractivity contribution in [2.45, 2.75) is 13.5 Å². The van der Waals surface area contributed by atoms with E-state index in [2.05, 4.69) is 15.6 Å². The van der Waals surface area contributed by atoms with Crippen molar-refractivity contribution in [1.29, 1.82) is 0 Å². The van der Waals surface area contributed by atoms with E-state index >= 15 is 0 Å². The van der Waals surface area contributed by atoms with E-state index in [-0.39, 0.29) is 5.91 Å². The van der Waals surface area contributed by atoms with Crippen LogP contribution in [0.5, 0.6) is 5.75 Å². The number of pyridine rings is 1. The van der Waals surface area contributed by atoms with Crippen LogP contribution in [0.3, 0.4) is 0 Å². The van der Waals surface area contributed by atoms with E-state index in [0.717, 1.165) is 11.3 Å². The molecule has 0 bridgehead atoms. The molecule has 0 fully saturated rings. The molecule has 6 heteroatoms. The number of carbonyl (C=O) groups is 1. The lowest BCUT2D eigenvalue weighted by atomic mass is 10.2. The first-order valence-electron chi connectivity index (χ1n) is 8.46. The minimum atomic E-state index is -0.315. The zero-order valence-corrected chi connectivity index (χ0v) is 15.9. The zero-order valence-electron chi connectivity index (χ0n) is 15.1. The summed E-state index contributed by atoms with van der Waals surface area (Å²) in [5.41, 5.74) is 3.73. The monoisotopic (exact) mass is 381 g/mol. The average molecular weight is 382 g/mol. The standard InChI is InChI=1S/C21H20ClN3O2/c1-14-10-19(20(27-2)11-17(14)22)25-21(26)18-9-8-16(13-24-18)23-12-15-6-4-3-5-7-15/h3-11,13,23H,12H2,1-2H3,(H,25,26). The molecule has 1 amide bonds. The summed E-state index contributed by atoms with van der Waals surface area (Å²) in [7, 11) is 1.53. The second kappa shape index (κ2) is 8.56. The number of amides is 1. The number of benzene rings is 2. The van der Waals surface area contributed by atoms with Gasteiger partial charge >= 0.3 is 0 Å². The number of aromatic nitrogens is 1. The van der Waals surface area contributed by atoms with Crippen molar-refractivity contribution in [3.05, 3.63) is 82.6 Å². The number of halogens is 1. The molecule has 0 atom stereocenters. The van der Waals surface area contributed by atoms with E-state index in [4.69, 9.17) is 16.3 Å². The van der Waals surface area contributed by atoms with Gasteiger partial charge in [-0.2, -0.15) is 0 Å². The second-order valence-electron chi connectivity index (χ2n) is 6.03. The fraction of sp³-hybridized carbons (Fsp3) is 0.143. The lowest BCUT2D eigenvalue weighted by Crippen LogP contribution is -2.14. The van der Waals surface area contributed by atoms with Crippen molar-refractivity contribution in [2.75, 3.05) is 17.7 Å². The van der Waals surface area contributed by atoms with E-state index < -0.39 is 0 Å². The molecule has 0 spiro atoms. The van der Waals surface area contributed by atoms with E-state index in [1.54, 1.807) is 24.4 Å². The third kappa shape index (κ3) is 4.77. The molecule has 0 saturated heterocycles. The van der Waals surface area contributed by atoms with Crippen molar-refractivity contribution < 1.29 is 9.53 Å². The molecule has 0 unspecified atom stereocenters. The Morgan fingerprint density at radius 2 is 1.93 bits per heavy atom. The SMILES string of the molecule is COc1cc(Cl)c(C)cc1NC(=O)c1ccc(NCc2ccccc2)cn1. The van der Waals surface area contributed by atoms with E-state index in [1.165, 1.54) is 12.7 Å². The van der Waals surface area contributed by atoms with Crippen LogP contribution in [-0.2, 0) is 6.54 Å². The minimum absolute atomic E-state index is 0.315. The molecule has 0 aliphatic carbocycles. The first-order valence-corrected chi connectivity index (χ1v) is 8.84. The fourth-order valence-corrected chi connectivity index (χ4v) is 2.70. The highest BCUT2D eigenvalue weighted by Gasteiger charge is 2.13. The van der Waals surface area contributed by atoms with Crippen LogP contribution < -0.4 is 15.4 Å². The molecule has 138 valence electrons. The highest BCUT2D eigenvalue weighted by Crippen LogP contribution is 2.31. The normalized spacial score (nSPS) is 10.3. The molecule has 2 N–H and O–H groups in total. The van der Waals surface area contributed by atoms with Gasteiger partial charge in [0.1, 0.15) is 11.4 Å². The maximum atomic E-state index is 12.5. The number of hydrogen-bond donors (Lipinski definition) is 2. The molecule has 0 saturated carbocycles. The first kappa shape index (κ1) is 18.7. The molecule has 3 aromatic rings. The number of ether oxygens (including phenoxy) is 1. The van der Waals surface area contributed by atoms with Crippen molar-refractivity contribution in [2.24, 2.45) is 0 Å². The van der Waals surface area contributed by atoms with Gasteiger partial charge in [0.2, 0.25) is 0 Å². The third-order valence-electron chi connectivity index (χ3n) is 4.06. The Kier molecular flexibility index (Phi) is 5.94. The van der Waals surface area contributed by atoms with Crippen LogP contribution in [0.15, 0.2) is 60.8 Å². The van der Waals surface area contributed by atoms with Crippen molar-refractivity contribution in [3.8, 4) is 5.75 Å². The van der Waals surface area contributed by atoms with Crippen molar-refractivity contribution in [1.82, 2.24) is 4.98 Å². The Hall–Kier alpha value is -3.05. The maximum absolute atomic E-state index is 12.5. The molecule has 2 aromatic carbocycles. The maximum Gasteiger partial charge on any atom is 0.274 e. The van der Waals surface area contributed by atoms with Crippen LogP contribution in [0.1, 0.15) is 21.6 Å². The summed E-state index contributed by atoms with van der Waals surface area (Å²) in [5, 5.41) is 6.68. The van der Waals surface area contributed by atoms with Gasteiger partial charge < -0.3 is 15.4 Å². The van der Waals surface area contributed by atoms with Crippen LogP contribution in [0.4, 0.5) is 11.4 Å². The van der Waals surface area contributed by atoms with Crippen molar-refractivity contribution >= 4 is 28.9 Å². The van der Waals surface area contributed by atoms with Gasteiger partial charge in [0.25, 0.3) is 5.91 Å². The van der Waals surface area contributed by atoms with E-state index in [9.17, 15) is 4.79 Å². The predicted octanol–water partition coefficient (Wildman–Crippen LogP) is 4.92. The number of methoxy groups -OCH3 is 1. The quantitative estimate of drug-likeness (QED) is 0.636. The lowest BCUT2D eigenvalue weighted by molar-refractivity contribution is 0.102. The molecular formula is C21H20ClN3O2. The minimum Gasteiger partial charge on any atom is -0.495 e. The lowest BCUT2D eigenvalue weighted by Gasteiger charge is -2.12.